The Morgan fingerprint density at radius 1 is 1.04 bits per heavy atom. The van der Waals surface area contributed by atoms with E-state index in [4.69, 9.17) is 46.4 Å². The van der Waals surface area contributed by atoms with Crippen LogP contribution in [0, 0.1) is 6.92 Å². The fourth-order valence-electron chi connectivity index (χ4n) is 1.93. The van der Waals surface area contributed by atoms with Crippen LogP contribution in [0.2, 0.25) is 20.2 Å². The first-order valence-electron chi connectivity index (χ1n) is 7.02. The van der Waals surface area contributed by atoms with Crippen molar-refractivity contribution in [3.8, 4) is 0 Å². The summed E-state index contributed by atoms with van der Waals surface area (Å²) in [6.07, 6.45) is 0. The monoisotopic (exact) mass is 419 g/mol. The van der Waals surface area contributed by atoms with Gasteiger partial charge in [-0.1, -0.05) is 64.1 Å². The van der Waals surface area contributed by atoms with Crippen molar-refractivity contribution >= 4 is 63.9 Å². The summed E-state index contributed by atoms with van der Waals surface area (Å²) in [6, 6.07) is 7.27. The third-order valence-corrected chi connectivity index (χ3v) is 4.93. The number of nitrogens with one attached hydrogen (secondary N) is 1. The molecule has 25 heavy (non-hydrogen) atoms. The highest BCUT2D eigenvalue weighted by Crippen LogP contribution is 2.36. The molecule has 0 unspecified atom stereocenters. The average molecular weight is 421 g/mol. The SMILES string of the molecule is Cc1ccc(NC(=O)CN(C)C(=O)c2nc(Cl)c(Cl)c(Cl)c2Cl)cc1. The minimum absolute atomic E-state index is 0.0374. The predicted molar refractivity (Wildman–Crippen MR) is 101 cm³/mol. The number of pyridine rings is 1. The van der Waals surface area contributed by atoms with E-state index in [0.29, 0.717) is 5.69 Å². The number of halogens is 4. The molecule has 0 bridgehead atoms. The summed E-state index contributed by atoms with van der Waals surface area (Å²) in [7, 11) is 1.44. The number of carbonyl (C=O) groups excluding carboxylic acids is 2. The molecule has 0 saturated heterocycles. The second kappa shape index (κ2) is 8.23. The molecule has 1 aromatic heterocycles. The van der Waals surface area contributed by atoms with Gasteiger partial charge in [0, 0.05) is 12.7 Å². The standard InChI is InChI=1S/C16H13Cl4N3O2/c1-8-3-5-9(6-4-8)21-10(24)7-23(2)16(25)14-12(18)11(17)13(19)15(20)22-14/h3-6H,7H2,1-2H3,(H,21,24). The molecule has 132 valence electrons. The lowest BCUT2D eigenvalue weighted by Crippen LogP contribution is -2.35. The fraction of sp³-hybridized carbons (Fsp3) is 0.188. The minimum atomic E-state index is -0.607. The van der Waals surface area contributed by atoms with Gasteiger partial charge in [0.15, 0.2) is 0 Å². The maximum absolute atomic E-state index is 12.5. The van der Waals surface area contributed by atoms with Crippen LogP contribution < -0.4 is 5.32 Å². The average Bonchev–Trinajstić information content (AvgIpc) is 2.57. The van der Waals surface area contributed by atoms with Gasteiger partial charge in [0.25, 0.3) is 5.91 Å². The highest BCUT2D eigenvalue weighted by Gasteiger charge is 2.24. The van der Waals surface area contributed by atoms with E-state index in [1.165, 1.54) is 7.05 Å². The lowest BCUT2D eigenvalue weighted by molar-refractivity contribution is -0.116. The molecule has 5 nitrogen and oxygen atoms in total. The summed E-state index contributed by atoms with van der Waals surface area (Å²) in [5.74, 6) is -0.980. The molecule has 0 aliphatic heterocycles. The molecule has 2 aromatic rings. The van der Waals surface area contributed by atoms with Crippen LogP contribution in [-0.2, 0) is 4.79 Å². The number of anilines is 1. The van der Waals surface area contributed by atoms with Gasteiger partial charge in [-0.2, -0.15) is 0 Å². The highest BCUT2D eigenvalue weighted by molar-refractivity contribution is 6.52. The van der Waals surface area contributed by atoms with Crippen molar-refractivity contribution in [1.82, 2.24) is 9.88 Å². The topological polar surface area (TPSA) is 62.3 Å². The second-order valence-corrected chi connectivity index (χ2v) is 6.76. The van der Waals surface area contributed by atoms with Gasteiger partial charge in [0.1, 0.15) is 10.8 Å². The molecule has 1 N–H and O–H groups in total. The molecule has 0 aliphatic carbocycles. The summed E-state index contributed by atoms with van der Waals surface area (Å²) in [5, 5.41) is 2.33. The summed E-state index contributed by atoms with van der Waals surface area (Å²) in [5.41, 5.74) is 1.53. The van der Waals surface area contributed by atoms with Gasteiger partial charge in [-0.25, -0.2) is 4.98 Å². The van der Waals surface area contributed by atoms with Crippen LogP contribution in [-0.4, -0.2) is 35.3 Å². The Morgan fingerprint density at radius 2 is 1.64 bits per heavy atom. The molecular weight excluding hydrogens is 408 g/mol. The normalized spacial score (nSPS) is 10.5. The van der Waals surface area contributed by atoms with Crippen LogP contribution >= 0.6 is 46.4 Å². The number of likely N-dealkylation sites (N-methyl/N-ethyl adjacent to an activating group) is 1. The van der Waals surface area contributed by atoms with E-state index < -0.39 is 5.91 Å². The van der Waals surface area contributed by atoms with Crippen LogP contribution in [0.4, 0.5) is 5.69 Å². The summed E-state index contributed by atoms with van der Waals surface area (Å²) < 4.78 is 0. The number of nitrogens with zero attached hydrogens (tertiary/aromatic N) is 2. The van der Waals surface area contributed by atoms with Gasteiger partial charge in [-0.3, -0.25) is 9.59 Å². The maximum atomic E-state index is 12.5. The van der Waals surface area contributed by atoms with Crippen LogP contribution in [0.3, 0.4) is 0 Å². The lowest BCUT2D eigenvalue weighted by Gasteiger charge is -2.18. The van der Waals surface area contributed by atoms with Gasteiger partial charge >= 0.3 is 0 Å². The van der Waals surface area contributed by atoms with Crippen molar-refractivity contribution in [3.05, 3.63) is 55.7 Å². The minimum Gasteiger partial charge on any atom is -0.331 e. The highest BCUT2D eigenvalue weighted by atomic mass is 35.5. The zero-order chi connectivity index (χ0) is 18.7. The molecule has 2 rings (SSSR count). The van der Waals surface area contributed by atoms with Gasteiger partial charge < -0.3 is 10.2 Å². The molecular formula is C16H13Cl4N3O2. The maximum Gasteiger partial charge on any atom is 0.274 e. The number of benzene rings is 1. The van der Waals surface area contributed by atoms with Crippen molar-refractivity contribution in [2.75, 3.05) is 18.9 Å². The number of aromatic nitrogens is 1. The molecule has 1 heterocycles. The molecule has 2 amide bonds. The number of rotatable bonds is 4. The van der Waals surface area contributed by atoms with Gasteiger partial charge in [0.2, 0.25) is 5.91 Å². The molecule has 0 aliphatic rings. The fourth-order valence-corrected chi connectivity index (χ4v) is 2.74. The lowest BCUT2D eigenvalue weighted by atomic mass is 10.2. The Hall–Kier alpha value is -1.53. The Bertz CT molecular complexity index is 825. The molecule has 9 heteroatoms. The Balaban J connectivity index is 2.10. The predicted octanol–water partition coefficient (Wildman–Crippen LogP) is 4.71. The first kappa shape index (κ1) is 19.8. The zero-order valence-electron chi connectivity index (χ0n) is 13.2. The molecule has 0 saturated carbocycles. The third-order valence-electron chi connectivity index (χ3n) is 3.25. The van der Waals surface area contributed by atoms with E-state index >= 15 is 0 Å². The van der Waals surface area contributed by atoms with E-state index in [0.717, 1.165) is 10.5 Å². The Labute approximate surface area is 164 Å². The van der Waals surface area contributed by atoms with Crippen molar-refractivity contribution < 1.29 is 9.59 Å². The van der Waals surface area contributed by atoms with E-state index in [1.807, 2.05) is 19.1 Å². The van der Waals surface area contributed by atoms with Gasteiger partial charge in [-0.15, -0.1) is 0 Å². The Kier molecular flexibility index (Phi) is 6.52. The van der Waals surface area contributed by atoms with E-state index in [2.05, 4.69) is 10.3 Å². The van der Waals surface area contributed by atoms with Crippen LogP contribution in [0.25, 0.3) is 0 Å². The van der Waals surface area contributed by atoms with Crippen molar-refractivity contribution in [1.29, 1.82) is 0 Å². The number of hydrogen-bond donors (Lipinski definition) is 1. The molecule has 0 fully saturated rings. The quantitative estimate of drug-likeness (QED) is 0.728. The van der Waals surface area contributed by atoms with Crippen LogP contribution in [0.5, 0.6) is 0 Å². The second-order valence-electron chi connectivity index (χ2n) is 5.27. The molecule has 1 aromatic carbocycles. The first-order valence-corrected chi connectivity index (χ1v) is 8.54. The Morgan fingerprint density at radius 3 is 2.24 bits per heavy atom. The number of hydrogen-bond acceptors (Lipinski definition) is 3. The molecule has 0 spiro atoms. The number of amides is 2. The molecule has 0 atom stereocenters. The summed E-state index contributed by atoms with van der Waals surface area (Å²) in [6.45, 7) is 1.74. The van der Waals surface area contributed by atoms with E-state index in [1.54, 1.807) is 12.1 Å². The van der Waals surface area contributed by atoms with Crippen LogP contribution in [0.1, 0.15) is 16.1 Å². The van der Waals surface area contributed by atoms with Gasteiger partial charge in [-0.05, 0) is 19.1 Å². The number of carbonyl (C=O) groups is 2. The van der Waals surface area contributed by atoms with E-state index in [-0.39, 0.29) is 38.4 Å². The third kappa shape index (κ3) is 4.76. The summed E-state index contributed by atoms with van der Waals surface area (Å²) in [4.78, 5) is 29.5. The smallest absolute Gasteiger partial charge is 0.274 e. The van der Waals surface area contributed by atoms with E-state index in [9.17, 15) is 9.59 Å². The van der Waals surface area contributed by atoms with Crippen molar-refractivity contribution in [3.63, 3.8) is 0 Å². The van der Waals surface area contributed by atoms with Crippen LogP contribution in [0.15, 0.2) is 24.3 Å². The zero-order valence-corrected chi connectivity index (χ0v) is 16.3. The van der Waals surface area contributed by atoms with Crippen molar-refractivity contribution in [2.24, 2.45) is 0 Å². The first-order chi connectivity index (χ1) is 11.7. The number of aryl methyl sites for hydroxylation is 1. The summed E-state index contributed by atoms with van der Waals surface area (Å²) >= 11 is 23.6. The largest absolute Gasteiger partial charge is 0.331 e. The molecule has 0 radical (unpaired) electrons. The van der Waals surface area contributed by atoms with Gasteiger partial charge in [0.05, 0.1) is 21.6 Å². The van der Waals surface area contributed by atoms with Crippen molar-refractivity contribution in [2.45, 2.75) is 6.92 Å².